The molecule has 202 valence electrons. The van der Waals surface area contributed by atoms with Crippen molar-refractivity contribution in [3.63, 3.8) is 0 Å². The van der Waals surface area contributed by atoms with Gasteiger partial charge in [-0.1, -0.05) is 55.5 Å². The van der Waals surface area contributed by atoms with Crippen molar-refractivity contribution in [2.24, 2.45) is 0 Å². The summed E-state index contributed by atoms with van der Waals surface area (Å²) in [7, 11) is 2.03. The van der Waals surface area contributed by atoms with Crippen molar-refractivity contribution in [3.05, 3.63) is 70.8 Å². The number of nitriles is 1. The van der Waals surface area contributed by atoms with E-state index in [9.17, 15) is 26.3 Å². The van der Waals surface area contributed by atoms with Gasteiger partial charge in [0.2, 0.25) is 0 Å². The molecular weight excluding hydrogens is 490 g/mol. The fraction of sp³-hybridized carbons (Fsp3) is 0.552. The van der Waals surface area contributed by atoms with Gasteiger partial charge in [-0.05, 0) is 74.2 Å². The largest absolute Gasteiger partial charge is 0.398 e. The predicted octanol–water partition coefficient (Wildman–Crippen LogP) is 8.25. The molecule has 0 aromatic heterocycles. The molecule has 2 aliphatic rings. The minimum absolute atomic E-state index is 0.140. The Morgan fingerprint density at radius 2 is 1.38 bits per heavy atom. The van der Waals surface area contributed by atoms with Gasteiger partial charge in [-0.15, -0.1) is 0 Å². The maximum absolute atomic E-state index is 14.0. The molecule has 0 saturated heterocycles. The van der Waals surface area contributed by atoms with Crippen molar-refractivity contribution in [1.82, 2.24) is 4.90 Å². The Bertz CT molecular complexity index is 1080. The number of hydrogen-bond acceptors (Lipinski definition) is 2. The third-order valence-electron chi connectivity index (χ3n) is 7.84. The molecule has 0 bridgehead atoms. The average molecular weight is 525 g/mol. The minimum Gasteiger partial charge on any atom is -0.299 e. The van der Waals surface area contributed by atoms with E-state index in [4.69, 9.17) is 5.26 Å². The number of halogens is 6. The van der Waals surface area contributed by atoms with E-state index in [0.717, 1.165) is 19.4 Å². The first-order valence-electron chi connectivity index (χ1n) is 12.7. The number of rotatable bonds is 9. The van der Waals surface area contributed by atoms with Crippen molar-refractivity contribution >= 4 is 0 Å². The summed E-state index contributed by atoms with van der Waals surface area (Å²) in [4.78, 5) is 2.23. The monoisotopic (exact) mass is 524 g/mol. The second kappa shape index (κ2) is 11.1. The van der Waals surface area contributed by atoms with Gasteiger partial charge in [0.05, 0.1) is 16.9 Å². The van der Waals surface area contributed by atoms with Crippen LogP contribution in [0.15, 0.2) is 48.5 Å². The van der Waals surface area contributed by atoms with Gasteiger partial charge in [-0.2, -0.15) is 31.6 Å². The molecule has 1 atom stereocenters. The van der Waals surface area contributed by atoms with E-state index in [-0.39, 0.29) is 42.9 Å². The highest BCUT2D eigenvalue weighted by atomic mass is 19.4. The minimum atomic E-state index is -4.55. The van der Waals surface area contributed by atoms with E-state index in [1.54, 1.807) is 12.1 Å². The van der Waals surface area contributed by atoms with Crippen LogP contribution >= 0.6 is 0 Å². The van der Waals surface area contributed by atoms with Gasteiger partial charge in [0.1, 0.15) is 0 Å². The molecule has 2 fully saturated rings. The Kier molecular flexibility index (Phi) is 8.68. The molecule has 8 heteroatoms. The van der Waals surface area contributed by atoms with Crippen molar-refractivity contribution in [2.45, 2.75) is 94.6 Å². The molecule has 2 nitrogen and oxygen atoms in total. The first-order chi connectivity index (χ1) is 17.3. The molecule has 2 aliphatic carbocycles. The van der Waals surface area contributed by atoms with Crippen LogP contribution < -0.4 is 0 Å². The highest BCUT2D eigenvalue weighted by molar-refractivity contribution is 5.50. The zero-order valence-electron chi connectivity index (χ0n) is 21.5. The van der Waals surface area contributed by atoms with Crippen LogP contribution in [0, 0.1) is 11.3 Å². The Morgan fingerprint density at radius 3 is 1.84 bits per heavy atom. The SMILES string of the molecule is CC#N.CCC(CCc1ccc(C2(C(F)(F)F)CC2)c(C2(C(F)(F)F)CC2)c1)N(C)Cc1ccccc1. The summed E-state index contributed by atoms with van der Waals surface area (Å²) in [6.45, 7) is 4.26. The van der Waals surface area contributed by atoms with Crippen LogP contribution in [0.3, 0.4) is 0 Å². The molecule has 2 aromatic rings. The fourth-order valence-electron chi connectivity index (χ4n) is 5.29. The van der Waals surface area contributed by atoms with Crippen LogP contribution in [0.2, 0.25) is 0 Å². The summed E-state index contributed by atoms with van der Waals surface area (Å²) >= 11 is 0. The van der Waals surface area contributed by atoms with Gasteiger partial charge in [0.25, 0.3) is 0 Å². The summed E-state index contributed by atoms with van der Waals surface area (Å²) in [5.74, 6) is 0. The highest BCUT2D eigenvalue weighted by Crippen LogP contribution is 2.66. The molecule has 0 amide bonds. The van der Waals surface area contributed by atoms with E-state index in [0.29, 0.717) is 12.0 Å². The second-order valence-electron chi connectivity index (χ2n) is 10.3. The lowest BCUT2D eigenvalue weighted by molar-refractivity contribution is -0.167. The molecule has 37 heavy (non-hydrogen) atoms. The molecule has 0 aliphatic heterocycles. The maximum Gasteiger partial charge on any atom is 0.398 e. The first-order valence-corrected chi connectivity index (χ1v) is 12.7. The molecule has 1 unspecified atom stereocenters. The van der Waals surface area contributed by atoms with Crippen LogP contribution in [0.25, 0.3) is 0 Å². The third kappa shape index (κ3) is 6.14. The summed E-state index contributed by atoms with van der Waals surface area (Å²) in [6.07, 6.45) is -7.53. The van der Waals surface area contributed by atoms with Crippen molar-refractivity contribution in [2.75, 3.05) is 7.05 Å². The second-order valence-corrected chi connectivity index (χ2v) is 10.3. The van der Waals surface area contributed by atoms with Gasteiger partial charge >= 0.3 is 12.4 Å². The molecule has 0 spiro atoms. The van der Waals surface area contributed by atoms with E-state index in [1.165, 1.54) is 24.6 Å². The van der Waals surface area contributed by atoms with Gasteiger partial charge in [0, 0.05) is 19.5 Å². The van der Waals surface area contributed by atoms with Crippen molar-refractivity contribution < 1.29 is 26.3 Å². The van der Waals surface area contributed by atoms with Gasteiger partial charge in [0.15, 0.2) is 0 Å². The van der Waals surface area contributed by atoms with Gasteiger partial charge < -0.3 is 0 Å². The van der Waals surface area contributed by atoms with E-state index in [1.807, 2.05) is 25.2 Å². The maximum atomic E-state index is 14.0. The molecule has 0 N–H and O–H groups in total. The molecule has 2 aromatic carbocycles. The molecule has 2 saturated carbocycles. The normalized spacial score (nSPS) is 18.4. The van der Waals surface area contributed by atoms with E-state index in [2.05, 4.69) is 24.0 Å². The summed E-state index contributed by atoms with van der Waals surface area (Å²) in [5.41, 5.74) is -2.70. The number of aryl methyl sites for hydroxylation is 1. The summed E-state index contributed by atoms with van der Waals surface area (Å²) < 4.78 is 83.5. The van der Waals surface area contributed by atoms with Gasteiger partial charge in [-0.3, -0.25) is 4.90 Å². The topological polar surface area (TPSA) is 27.0 Å². The lowest BCUT2D eigenvalue weighted by Gasteiger charge is -2.30. The van der Waals surface area contributed by atoms with E-state index < -0.39 is 23.2 Å². The molecule has 4 rings (SSSR count). The molecule has 0 radical (unpaired) electrons. The standard InChI is InChI=1S/C27H31F6N.C2H3N/c1-3-21(34(2)18-20-7-5-4-6-8-20)11-9-19-10-12-22(24(13-14-24)26(28,29)30)23(17-19)25(15-16-25)27(31,32)33;1-2-3/h4-8,10,12,17,21H,3,9,11,13-16,18H2,1-2H3;1H3. The Morgan fingerprint density at radius 1 is 0.865 bits per heavy atom. The average Bonchev–Trinajstić information content (AvgIpc) is 3.73. The lowest BCUT2D eigenvalue weighted by atomic mass is 9.81. The van der Waals surface area contributed by atoms with Crippen molar-refractivity contribution in [1.29, 1.82) is 5.26 Å². The molecule has 0 heterocycles. The zero-order chi connectivity index (χ0) is 27.5. The fourth-order valence-corrected chi connectivity index (χ4v) is 5.29. The third-order valence-corrected chi connectivity index (χ3v) is 7.84. The number of benzene rings is 2. The van der Waals surface area contributed by atoms with Crippen LogP contribution in [0.5, 0.6) is 0 Å². The lowest BCUT2D eigenvalue weighted by Crippen LogP contribution is -2.35. The first kappa shape index (κ1) is 29.0. The van der Waals surface area contributed by atoms with Crippen LogP contribution in [0.1, 0.15) is 74.6 Å². The Balaban J connectivity index is 0.00000121. The number of nitrogens with zero attached hydrogens (tertiary/aromatic N) is 2. The Labute approximate surface area is 215 Å². The zero-order valence-corrected chi connectivity index (χ0v) is 21.5. The Hall–Kier alpha value is -2.53. The highest BCUT2D eigenvalue weighted by Gasteiger charge is 2.70. The van der Waals surface area contributed by atoms with Crippen LogP contribution in [-0.2, 0) is 23.8 Å². The number of alkyl halides is 6. The summed E-state index contributed by atoms with van der Waals surface area (Å²) in [6, 6.07) is 16.4. The smallest absolute Gasteiger partial charge is 0.299 e. The summed E-state index contributed by atoms with van der Waals surface area (Å²) in [5, 5.41) is 7.32. The predicted molar refractivity (Wildman–Crippen MR) is 132 cm³/mol. The van der Waals surface area contributed by atoms with Crippen LogP contribution in [0.4, 0.5) is 26.3 Å². The van der Waals surface area contributed by atoms with Crippen LogP contribution in [-0.4, -0.2) is 30.3 Å². The van der Waals surface area contributed by atoms with E-state index >= 15 is 0 Å². The molecular formula is C29H34F6N2. The van der Waals surface area contributed by atoms with Gasteiger partial charge in [-0.25, -0.2) is 0 Å². The quantitative estimate of drug-likeness (QED) is 0.309. The number of hydrogen-bond donors (Lipinski definition) is 0. The van der Waals surface area contributed by atoms with Crippen molar-refractivity contribution in [3.8, 4) is 6.07 Å².